The Kier molecular flexibility index (Phi) is 5.10. The van der Waals surface area contributed by atoms with Gasteiger partial charge in [0.25, 0.3) is 0 Å². The van der Waals surface area contributed by atoms with Gasteiger partial charge < -0.3 is 19.1 Å². The van der Waals surface area contributed by atoms with Gasteiger partial charge >= 0.3 is 5.97 Å². The molecule has 0 saturated heterocycles. The van der Waals surface area contributed by atoms with Crippen molar-refractivity contribution in [2.45, 2.75) is 20.5 Å². The van der Waals surface area contributed by atoms with Gasteiger partial charge in [0.05, 0.1) is 16.6 Å². The molecule has 0 spiro atoms. The molecule has 7 nitrogen and oxygen atoms in total. The van der Waals surface area contributed by atoms with E-state index in [9.17, 15) is 4.79 Å². The van der Waals surface area contributed by atoms with Crippen LogP contribution in [0.1, 0.15) is 27.4 Å². The van der Waals surface area contributed by atoms with Gasteiger partial charge in [-0.2, -0.15) is 0 Å². The Morgan fingerprint density at radius 1 is 1.03 bits per heavy atom. The Morgan fingerprint density at radius 3 is 2.63 bits per heavy atom. The number of benzene rings is 2. The summed E-state index contributed by atoms with van der Waals surface area (Å²) in [6.07, 6.45) is 0. The van der Waals surface area contributed by atoms with Gasteiger partial charge in [-0.15, -0.1) is 0 Å². The molecule has 4 aromatic rings. The highest BCUT2D eigenvalue weighted by molar-refractivity contribution is 5.88. The van der Waals surface area contributed by atoms with Crippen molar-refractivity contribution in [3.63, 3.8) is 0 Å². The van der Waals surface area contributed by atoms with Crippen LogP contribution < -0.4 is 9.47 Å². The summed E-state index contributed by atoms with van der Waals surface area (Å²) < 4.78 is 13.6. The molecule has 0 aliphatic rings. The maximum absolute atomic E-state index is 11.1. The second kappa shape index (κ2) is 7.87. The standard InChI is InChI=1S/C23H21N3O4/c1-14-7-10-22(24-15(14)2)30-18-8-9-19-20(12-18)26(3)21(25-19)13-29-17-6-4-5-16(11-17)23(27)28/h4-12H,13H2,1-3H3,(H,27,28). The second-order valence-electron chi connectivity index (χ2n) is 7.01. The van der Waals surface area contributed by atoms with E-state index in [0.29, 0.717) is 23.2 Å². The Hall–Kier alpha value is -3.87. The number of hydrogen-bond acceptors (Lipinski definition) is 5. The van der Waals surface area contributed by atoms with Crippen LogP contribution in [0.25, 0.3) is 11.0 Å². The summed E-state index contributed by atoms with van der Waals surface area (Å²) in [5.74, 6) is 1.41. The molecule has 0 aliphatic heterocycles. The summed E-state index contributed by atoms with van der Waals surface area (Å²) in [6, 6.07) is 15.9. The number of aromatic carboxylic acids is 1. The first-order chi connectivity index (χ1) is 14.4. The zero-order chi connectivity index (χ0) is 21.3. The van der Waals surface area contributed by atoms with Gasteiger partial charge in [-0.1, -0.05) is 12.1 Å². The van der Waals surface area contributed by atoms with Crippen LogP contribution in [0.5, 0.6) is 17.4 Å². The van der Waals surface area contributed by atoms with Gasteiger partial charge in [0.1, 0.15) is 23.9 Å². The molecule has 0 radical (unpaired) electrons. The first kappa shape index (κ1) is 19.4. The van der Waals surface area contributed by atoms with E-state index in [1.807, 2.05) is 55.8 Å². The molecule has 7 heteroatoms. The maximum Gasteiger partial charge on any atom is 0.335 e. The Morgan fingerprint density at radius 2 is 1.87 bits per heavy atom. The average molecular weight is 403 g/mol. The molecule has 0 atom stereocenters. The number of fused-ring (bicyclic) bond motifs is 1. The molecule has 0 bridgehead atoms. The molecule has 152 valence electrons. The number of aryl methyl sites for hydroxylation is 3. The highest BCUT2D eigenvalue weighted by Gasteiger charge is 2.11. The van der Waals surface area contributed by atoms with E-state index in [4.69, 9.17) is 14.6 Å². The van der Waals surface area contributed by atoms with Gasteiger partial charge in [-0.25, -0.2) is 14.8 Å². The highest BCUT2D eigenvalue weighted by atomic mass is 16.5. The molecule has 2 aromatic heterocycles. The Balaban J connectivity index is 1.54. The van der Waals surface area contributed by atoms with Crippen LogP contribution in [0.15, 0.2) is 54.6 Å². The van der Waals surface area contributed by atoms with E-state index < -0.39 is 5.97 Å². The normalized spacial score (nSPS) is 10.9. The monoisotopic (exact) mass is 403 g/mol. The van der Waals surface area contributed by atoms with Crippen LogP contribution in [-0.4, -0.2) is 25.6 Å². The zero-order valence-electron chi connectivity index (χ0n) is 16.9. The third-order valence-corrected chi connectivity index (χ3v) is 4.94. The lowest BCUT2D eigenvalue weighted by molar-refractivity contribution is 0.0696. The fraction of sp³-hybridized carbons (Fsp3) is 0.174. The van der Waals surface area contributed by atoms with Gasteiger partial charge in [-0.05, 0) is 49.7 Å². The van der Waals surface area contributed by atoms with E-state index >= 15 is 0 Å². The van der Waals surface area contributed by atoms with E-state index in [2.05, 4.69) is 9.97 Å². The van der Waals surface area contributed by atoms with Crippen LogP contribution >= 0.6 is 0 Å². The number of imidazole rings is 1. The number of hydrogen-bond donors (Lipinski definition) is 1. The SMILES string of the molecule is Cc1ccc(Oc2ccc3nc(COc4cccc(C(=O)O)c4)n(C)c3c2)nc1C. The summed E-state index contributed by atoms with van der Waals surface area (Å²) in [4.78, 5) is 20.2. The molecule has 0 amide bonds. The lowest BCUT2D eigenvalue weighted by atomic mass is 10.2. The number of pyridine rings is 1. The van der Waals surface area contributed by atoms with E-state index in [0.717, 1.165) is 22.3 Å². The predicted molar refractivity (Wildman–Crippen MR) is 112 cm³/mol. The van der Waals surface area contributed by atoms with Crippen LogP contribution in [0, 0.1) is 13.8 Å². The fourth-order valence-electron chi connectivity index (χ4n) is 3.06. The molecular weight excluding hydrogens is 382 g/mol. The molecular formula is C23H21N3O4. The first-order valence-corrected chi connectivity index (χ1v) is 9.44. The van der Waals surface area contributed by atoms with E-state index in [-0.39, 0.29) is 12.2 Å². The van der Waals surface area contributed by atoms with Gasteiger partial charge in [-0.3, -0.25) is 0 Å². The summed E-state index contributed by atoms with van der Waals surface area (Å²) >= 11 is 0. The minimum Gasteiger partial charge on any atom is -0.486 e. The number of rotatable bonds is 6. The Bertz CT molecular complexity index is 1250. The molecule has 0 aliphatic carbocycles. The smallest absolute Gasteiger partial charge is 0.335 e. The lowest BCUT2D eigenvalue weighted by Crippen LogP contribution is -2.04. The van der Waals surface area contributed by atoms with Gasteiger partial charge in [0, 0.05) is 24.9 Å². The van der Waals surface area contributed by atoms with Crippen LogP contribution in [0.2, 0.25) is 0 Å². The molecule has 0 saturated carbocycles. The Labute approximate surface area is 173 Å². The topological polar surface area (TPSA) is 86.5 Å². The molecule has 1 N–H and O–H groups in total. The maximum atomic E-state index is 11.1. The number of ether oxygens (including phenoxy) is 2. The van der Waals surface area contributed by atoms with Gasteiger partial charge in [0.15, 0.2) is 0 Å². The van der Waals surface area contributed by atoms with Crippen molar-refractivity contribution >= 4 is 17.0 Å². The van der Waals surface area contributed by atoms with Crippen molar-refractivity contribution in [2.75, 3.05) is 0 Å². The molecule has 0 fully saturated rings. The lowest BCUT2D eigenvalue weighted by Gasteiger charge is -2.08. The summed E-state index contributed by atoms with van der Waals surface area (Å²) in [5, 5.41) is 9.11. The summed E-state index contributed by atoms with van der Waals surface area (Å²) in [7, 11) is 1.90. The van der Waals surface area contributed by atoms with Gasteiger partial charge in [0.2, 0.25) is 5.88 Å². The average Bonchev–Trinajstić information content (AvgIpc) is 3.05. The highest BCUT2D eigenvalue weighted by Crippen LogP contribution is 2.26. The first-order valence-electron chi connectivity index (χ1n) is 9.44. The second-order valence-corrected chi connectivity index (χ2v) is 7.01. The van der Waals surface area contributed by atoms with Crippen molar-refractivity contribution in [1.82, 2.24) is 14.5 Å². The minimum absolute atomic E-state index is 0.180. The van der Waals surface area contributed by atoms with E-state index in [1.165, 1.54) is 12.1 Å². The molecule has 2 heterocycles. The number of aromatic nitrogens is 3. The number of carbonyl (C=O) groups is 1. The number of carboxylic acids is 1. The van der Waals surface area contributed by atoms with Crippen LogP contribution in [-0.2, 0) is 13.7 Å². The largest absolute Gasteiger partial charge is 0.486 e. The van der Waals surface area contributed by atoms with Crippen molar-refractivity contribution in [1.29, 1.82) is 0 Å². The van der Waals surface area contributed by atoms with Crippen molar-refractivity contribution < 1.29 is 19.4 Å². The minimum atomic E-state index is -0.992. The molecule has 0 unspecified atom stereocenters. The van der Waals surface area contributed by atoms with E-state index in [1.54, 1.807) is 12.1 Å². The third-order valence-electron chi connectivity index (χ3n) is 4.94. The number of carboxylic acid groups (broad SMARTS) is 1. The quantitative estimate of drug-likeness (QED) is 0.504. The fourth-order valence-corrected chi connectivity index (χ4v) is 3.06. The molecule has 2 aromatic carbocycles. The van der Waals surface area contributed by atoms with Crippen molar-refractivity contribution in [3.05, 3.63) is 77.2 Å². The molecule has 4 rings (SSSR count). The van der Waals surface area contributed by atoms with Crippen LogP contribution in [0.4, 0.5) is 0 Å². The summed E-state index contributed by atoms with van der Waals surface area (Å²) in [6.45, 7) is 4.17. The number of nitrogens with zero attached hydrogens (tertiary/aromatic N) is 3. The van der Waals surface area contributed by atoms with Crippen molar-refractivity contribution in [2.24, 2.45) is 7.05 Å². The summed E-state index contributed by atoms with van der Waals surface area (Å²) in [5.41, 5.74) is 3.94. The third kappa shape index (κ3) is 3.96. The molecule has 30 heavy (non-hydrogen) atoms. The van der Waals surface area contributed by atoms with Crippen LogP contribution in [0.3, 0.4) is 0 Å². The van der Waals surface area contributed by atoms with Crippen molar-refractivity contribution in [3.8, 4) is 17.4 Å². The zero-order valence-corrected chi connectivity index (χ0v) is 16.9. The predicted octanol–water partition coefficient (Wildman–Crippen LogP) is 4.65.